The van der Waals surface area contributed by atoms with Crippen molar-refractivity contribution in [2.45, 2.75) is 0 Å². The quantitative estimate of drug-likeness (QED) is 0.795. The number of hydrogen-bond donors (Lipinski definition) is 1. The van der Waals surface area contributed by atoms with Crippen LogP contribution in [-0.4, -0.2) is 4.99 Å². The van der Waals surface area contributed by atoms with E-state index >= 15 is 0 Å². The van der Waals surface area contributed by atoms with Crippen molar-refractivity contribution < 1.29 is 0 Å². The molecule has 0 bridgehead atoms. The molecule has 0 aliphatic carbocycles. The smallest absolute Gasteiger partial charge is 0.110 e. The molecule has 0 aliphatic heterocycles. The average Bonchev–Trinajstić information content (AvgIpc) is 2.33. The first-order chi connectivity index (χ1) is 8.15. The number of hydrogen-bond acceptors (Lipinski definition) is 1. The fourth-order valence-electron chi connectivity index (χ4n) is 1.34. The van der Waals surface area contributed by atoms with Gasteiger partial charge in [-0.05, 0) is 36.4 Å². The molecule has 0 heterocycles. The van der Waals surface area contributed by atoms with E-state index in [0.29, 0.717) is 15.0 Å². The highest BCUT2D eigenvalue weighted by atomic mass is 35.5. The van der Waals surface area contributed by atoms with Gasteiger partial charge in [-0.1, -0.05) is 47.6 Å². The van der Waals surface area contributed by atoms with Gasteiger partial charge in [0.05, 0.1) is 0 Å². The van der Waals surface area contributed by atoms with Gasteiger partial charge in [0.25, 0.3) is 0 Å². The first-order valence-corrected chi connectivity index (χ1v) is 6.14. The predicted octanol–water partition coefficient (Wildman–Crippen LogP) is 4.78. The molecule has 1 nitrogen and oxygen atoms in total. The molecule has 0 radical (unpaired) electrons. The van der Waals surface area contributed by atoms with Crippen LogP contribution in [0.4, 0.5) is 5.69 Å². The topological polar surface area (TPSA) is 12.0 Å². The van der Waals surface area contributed by atoms with Crippen LogP contribution in [0.2, 0.25) is 10.0 Å². The molecular weight excluding hydrogens is 273 g/mol. The van der Waals surface area contributed by atoms with Gasteiger partial charge in [-0.15, -0.1) is 0 Å². The van der Waals surface area contributed by atoms with Crippen LogP contribution >= 0.6 is 35.4 Å². The standard InChI is InChI=1S/C13H9Cl2NS/c14-10-3-1-9(2-4-10)13(17)16-12-7-5-11(15)6-8-12/h1-8H,(H,16,17). The van der Waals surface area contributed by atoms with Crippen LogP contribution in [0.3, 0.4) is 0 Å². The summed E-state index contributed by atoms with van der Waals surface area (Å²) < 4.78 is 0. The van der Waals surface area contributed by atoms with Gasteiger partial charge in [-0.3, -0.25) is 0 Å². The zero-order valence-corrected chi connectivity index (χ0v) is 11.1. The summed E-state index contributed by atoms with van der Waals surface area (Å²) in [6.45, 7) is 0. The fourth-order valence-corrected chi connectivity index (χ4v) is 1.84. The normalized spacial score (nSPS) is 10.0. The highest BCUT2D eigenvalue weighted by molar-refractivity contribution is 7.81. The fraction of sp³-hybridized carbons (Fsp3) is 0. The third kappa shape index (κ3) is 3.43. The molecule has 0 atom stereocenters. The monoisotopic (exact) mass is 281 g/mol. The molecule has 0 saturated heterocycles. The third-order valence-electron chi connectivity index (χ3n) is 2.21. The van der Waals surface area contributed by atoms with Gasteiger partial charge in [0.15, 0.2) is 0 Å². The van der Waals surface area contributed by atoms with Crippen LogP contribution in [0.15, 0.2) is 48.5 Å². The summed E-state index contributed by atoms with van der Waals surface area (Å²) in [4.78, 5) is 0.656. The minimum atomic E-state index is 0.656. The molecule has 2 rings (SSSR count). The van der Waals surface area contributed by atoms with E-state index in [1.807, 2.05) is 48.5 Å². The van der Waals surface area contributed by atoms with Crippen molar-refractivity contribution in [3.05, 3.63) is 64.1 Å². The van der Waals surface area contributed by atoms with E-state index in [4.69, 9.17) is 35.4 Å². The van der Waals surface area contributed by atoms with Crippen molar-refractivity contribution in [1.29, 1.82) is 0 Å². The number of thiocarbonyl (C=S) groups is 1. The second-order valence-electron chi connectivity index (χ2n) is 3.47. The van der Waals surface area contributed by atoms with Gasteiger partial charge in [-0.25, -0.2) is 0 Å². The highest BCUT2D eigenvalue weighted by Gasteiger charge is 2.01. The Morgan fingerprint density at radius 3 is 1.82 bits per heavy atom. The zero-order valence-electron chi connectivity index (χ0n) is 8.78. The lowest BCUT2D eigenvalue weighted by molar-refractivity contribution is 1.61. The summed E-state index contributed by atoms with van der Waals surface area (Å²) in [6.07, 6.45) is 0. The molecule has 0 spiro atoms. The van der Waals surface area contributed by atoms with Crippen molar-refractivity contribution in [1.82, 2.24) is 0 Å². The molecule has 0 aliphatic rings. The minimum Gasteiger partial charge on any atom is -0.346 e. The number of nitrogens with one attached hydrogen (secondary N) is 1. The molecule has 0 unspecified atom stereocenters. The van der Waals surface area contributed by atoms with E-state index in [0.717, 1.165) is 11.3 Å². The average molecular weight is 282 g/mol. The maximum absolute atomic E-state index is 5.82. The molecule has 0 amide bonds. The SMILES string of the molecule is S=C(Nc1ccc(Cl)cc1)c1ccc(Cl)cc1. The lowest BCUT2D eigenvalue weighted by Gasteiger charge is -2.08. The Balaban J connectivity index is 2.11. The lowest BCUT2D eigenvalue weighted by atomic mass is 10.2. The van der Waals surface area contributed by atoms with Crippen molar-refractivity contribution >= 4 is 46.1 Å². The van der Waals surface area contributed by atoms with Crippen molar-refractivity contribution in [2.24, 2.45) is 0 Å². The van der Waals surface area contributed by atoms with E-state index in [9.17, 15) is 0 Å². The largest absolute Gasteiger partial charge is 0.346 e. The summed E-state index contributed by atoms with van der Waals surface area (Å²) in [5.74, 6) is 0. The van der Waals surface area contributed by atoms with Gasteiger partial charge in [0, 0.05) is 21.3 Å². The maximum Gasteiger partial charge on any atom is 0.110 e. The number of rotatable bonds is 2. The number of anilines is 1. The number of halogens is 2. The van der Waals surface area contributed by atoms with E-state index < -0.39 is 0 Å². The molecule has 2 aromatic rings. The van der Waals surface area contributed by atoms with E-state index in [1.165, 1.54) is 0 Å². The molecule has 2 aromatic carbocycles. The predicted molar refractivity (Wildman–Crippen MR) is 78.2 cm³/mol. The zero-order chi connectivity index (χ0) is 12.3. The molecule has 0 saturated carbocycles. The second kappa shape index (κ2) is 5.50. The van der Waals surface area contributed by atoms with Gasteiger partial charge in [-0.2, -0.15) is 0 Å². The Hall–Kier alpha value is -1.09. The van der Waals surface area contributed by atoms with Crippen LogP contribution in [0, 0.1) is 0 Å². The van der Waals surface area contributed by atoms with Crippen LogP contribution < -0.4 is 5.32 Å². The van der Waals surface area contributed by atoms with E-state index in [-0.39, 0.29) is 0 Å². The summed E-state index contributed by atoms with van der Waals surface area (Å²) in [5.41, 5.74) is 1.84. The van der Waals surface area contributed by atoms with E-state index in [1.54, 1.807) is 0 Å². The van der Waals surface area contributed by atoms with Gasteiger partial charge in [0.1, 0.15) is 4.99 Å². The van der Waals surface area contributed by atoms with Crippen LogP contribution in [-0.2, 0) is 0 Å². The van der Waals surface area contributed by atoms with Crippen LogP contribution in [0.25, 0.3) is 0 Å². The third-order valence-corrected chi connectivity index (χ3v) is 3.05. The van der Waals surface area contributed by atoms with Gasteiger partial charge in [0.2, 0.25) is 0 Å². The van der Waals surface area contributed by atoms with Crippen LogP contribution in [0.1, 0.15) is 5.56 Å². The van der Waals surface area contributed by atoms with E-state index in [2.05, 4.69) is 5.32 Å². The molecule has 4 heteroatoms. The second-order valence-corrected chi connectivity index (χ2v) is 4.75. The minimum absolute atomic E-state index is 0.656. The summed E-state index contributed by atoms with van der Waals surface area (Å²) in [7, 11) is 0. The first kappa shape index (κ1) is 12.4. The molecular formula is C13H9Cl2NS. The molecule has 0 aromatic heterocycles. The summed E-state index contributed by atoms with van der Waals surface area (Å²) >= 11 is 16.9. The Bertz CT molecular complexity index is 520. The van der Waals surface area contributed by atoms with Crippen molar-refractivity contribution in [3.63, 3.8) is 0 Å². The van der Waals surface area contributed by atoms with Crippen molar-refractivity contribution in [2.75, 3.05) is 5.32 Å². The van der Waals surface area contributed by atoms with Crippen LogP contribution in [0.5, 0.6) is 0 Å². The molecule has 1 N–H and O–H groups in total. The van der Waals surface area contributed by atoms with Gasteiger partial charge < -0.3 is 5.32 Å². The first-order valence-electron chi connectivity index (χ1n) is 4.97. The number of benzene rings is 2. The summed E-state index contributed by atoms with van der Waals surface area (Å²) in [5, 5.41) is 4.53. The molecule has 17 heavy (non-hydrogen) atoms. The lowest BCUT2D eigenvalue weighted by Crippen LogP contribution is -2.09. The van der Waals surface area contributed by atoms with Crippen molar-refractivity contribution in [3.8, 4) is 0 Å². The summed E-state index contributed by atoms with van der Waals surface area (Å²) in [6, 6.07) is 14.8. The Kier molecular flexibility index (Phi) is 4.00. The molecule has 0 fully saturated rings. The van der Waals surface area contributed by atoms with Gasteiger partial charge >= 0.3 is 0 Å². The Morgan fingerprint density at radius 1 is 0.824 bits per heavy atom. The maximum atomic E-state index is 5.82. The Labute approximate surface area is 115 Å². The Morgan fingerprint density at radius 2 is 1.29 bits per heavy atom. The molecule has 86 valence electrons. The highest BCUT2D eigenvalue weighted by Crippen LogP contribution is 2.16.